The molecule has 0 bridgehead atoms. The summed E-state index contributed by atoms with van der Waals surface area (Å²) in [7, 11) is 3.36. The summed E-state index contributed by atoms with van der Waals surface area (Å²) in [5.74, 6) is 2.71. The largest absolute Gasteiger partial charge is 0.493 e. The monoisotopic (exact) mass is 482 g/mol. The zero-order chi connectivity index (χ0) is 24.2. The van der Waals surface area contributed by atoms with Crippen LogP contribution in [0, 0.1) is 0 Å². The van der Waals surface area contributed by atoms with Crippen molar-refractivity contribution in [1.29, 1.82) is 0 Å². The smallest absolute Gasteiger partial charge is 0.169 e. The zero-order valence-corrected chi connectivity index (χ0v) is 20.9. The van der Waals surface area contributed by atoms with Crippen LogP contribution in [-0.2, 0) is 0 Å². The topological polar surface area (TPSA) is 77.2 Å². The molecule has 0 amide bonds. The number of nitrogen functional groups attached to an aromatic ring is 1. The lowest BCUT2D eigenvalue weighted by atomic mass is 9.90. The molecule has 2 heterocycles. The Hall–Kier alpha value is -2.74. The normalized spacial score (nSPS) is 19.6. The molecule has 34 heavy (non-hydrogen) atoms. The second-order valence-corrected chi connectivity index (χ2v) is 9.97. The first-order valence-electron chi connectivity index (χ1n) is 11.6. The predicted octanol–water partition coefficient (Wildman–Crippen LogP) is 5.15. The van der Waals surface area contributed by atoms with E-state index in [2.05, 4.69) is 30.5 Å². The Bertz CT molecular complexity index is 1150. The van der Waals surface area contributed by atoms with E-state index in [1.165, 1.54) is 9.58 Å². The third-order valence-electron chi connectivity index (χ3n) is 6.65. The van der Waals surface area contributed by atoms with E-state index in [0.29, 0.717) is 29.9 Å². The average Bonchev–Trinajstić information content (AvgIpc) is 3.27. The summed E-state index contributed by atoms with van der Waals surface area (Å²) in [6.45, 7) is 7.78. The van der Waals surface area contributed by atoms with Gasteiger partial charge in [0, 0.05) is 38.8 Å². The number of aliphatic hydroxyl groups is 1. The van der Waals surface area contributed by atoms with Gasteiger partial charge < -0.3 is 25.1 Å². The maximum absolute atomic E-state index is 10.7. The highest BCUT2D eigenvalue weighted by Crippen LogP contribution is 2.44. The van der Waals surface area contributed by atoms with Gasteiger partial charge >= 0.3 is 0 Å². The Morgan fingerprint density at radius 2 is 2.06 bits per heavy atom. The second-order valence-electron chi connectivity index (χ2n) is 8.85. The predicted molar refractivity (Wildman–Crippen MR) is 140 cm³/mol. The molecule has 182 valence electrons. The highest BCUT2D eigenvalue weighted by Gasteiger charge is 2.29. The molecule has 1 aliphatic heterocycles. The number of likely N-dealkylation sites (tertiary alicyclic amines) is 1. The lowest BCUT2D eigenvalue weighted by Crippen LogP contribution is -2.45. The van der Waals surface area contributed by atoms with Crippen LogP contribution >= 0.6 is 11.3 Å². The Morgan fingerprint density at radius 1 is 1.24 bits per heavy atom. The van der Waals surface area contributed by atoms with Crippen molar-refractivity contribution >= 4 is 33.2 Å². The lowest BCUT2D eigenvalue weighted by molar-refractivity contribution is 0.0404. The number of anilines is 1. The highest BCUT2D eigenvalue weighted by atomic mass is 32.1. The number of nitrogens with zero attached hydrogens (tertiary/aromatic N) is 1. The van der Waals surface area contributed by atoms with E-state index in [9.17, 15) is 5.11 Å². The van der Waals surface area contributed by atoms with Crippen LogP contribution in [0.2, 0.25) is 0 Å². The molecule has 3 aromatic rings. The lowest BCUT2D eigenvalue weighted by Gasteiger charge is -2.38. The van der Waals surface area contributed by atoms with Crippen molar-refractivity contribution in [2.24, 2.45) is 0 Å². The van der Waals surface area contributed by atoms with Crippen molar-refractivity contribution in [2.45, 2.75) is 37.8 Å². The molecule has 3 atom stereocenters. The fourth-order valence-corrected chi connectivity index (χ4v) is 6.03. The molecule has 6 nitrogen and oxygen atoms in total. The number of piperidine rings is 1. The van der Waals surface area contributed by atoms with Gasteiger partial charge in [-0.25, -0.2) is 0 Å². The van der Waals surface area contributed by atoms with Crippen LogP contribution in [0.3, 0.4) is 0 Å². The van der Waals surface area contributed by atoms with E-state index >= 15 is 0 Å². The van der Waals surface area contributed by atoms with E-state index in [0.717, 1.165) is 41.8 Å². The van der Waals surface area contributed by atoms with Gasteiger partial charge in [0.25, 0.3) is 0 Å². The van der Waals surface area contributed by atoms with Crippen LogP contribution in [0.5, 0.6) is 17.2 Å². The number of methoxy groups -OCH3 is 2. The van der Waals surface area contributed by atoms with E-state index in [4.69, 9.17) is 19.9 Å². The third-order valence-corrected chi connectivity index (χ3v) is 7.92. The van der Waals surface area contributed by atoms with Gasteiger partial charge in [-0.3, -0.25) is 4.90 Å². The van der Waals surface area contributed by atoms with E-state index in [-0.39, 0.29) is 6.61 Å². The summed E-state index contributed by atoms with van der Waals surface area (Å²) < 4.78 is 18.2. The van der Waals surface area contributed by atoms with Crippen molar-refractivity contribution in [1.82, 2.24) is 4.90 Å². The molecule has 2 aromatic carbocycles. The summed E-state index contributed by atoms with van der Waals surface area (Å²) in [4.78, 5) is 3.74. The van der Waals surface area contributed by atoms with Gasteiger partial charge in [-0.1, -0.05) is 18.7 Å². The Balaban J connectivity index is 1.36. The number of β-amino-alcohol motifs (C(OH)–C–C–N with tert-alkyl or cyclic N) is 1. The van der Waals surface area contributed by atoms with Gasteiger partial charge in [0.15, 0.2) is 11.5 Å². The minimum Gasteiger partial charge on any atom is -0.493 e. The van der Waals surface area contributed by atoms with Gasteiger partial charge in [0.1, 0.15) is 18.5 Å². The Labute approximate surface area is 205 Å². The minimum absolute atomic E-state index is 0.217. The van der Waals surface area contributed by atoms with Gasteiger partial charge in [-0.2, -0.15) is 0 Å². The van der Waals surface area contributed by atoms with Gasteiger partial charge in [-0.05, 0) is 62.6 Å². The summed E-state index contributed by atoms with van der Waals surface area (Å²) in [5.41, 5.74) is 7.37. The quantitative estimate of drug-likeness (QED) is 0.411. The summed E-state index contributed by atoms with van der Waals surface area (Å²) in [6, 6.07) is 12.2. The third kappa shape index (κ3) is 5.02. The summed E-state index contributed by atoms with van der Waals surface area (Å²) in [6.07, 6.45) is 3.21. The highest BCUT2D eigenvalue weighted by molar-refractivity contribution is 7.19. The molecule has 1 saturated heterocycles. The molecule has 2 unspecified atom stereocenters. The van der Waals surface area contributed by atoms with E-state index < -0.39 is 6.10 Å². The van der Waals surface area contributed by atoms with Crippen molar-refractivity contribution in [2.75, 3.05) is 39.6 Å². The molecule has 0 saturated carbocycles. The summed E-state index contributed by atoms with van der Waals surface area (Å²) >= 11 is 1.84. The number of ether oxygens (including phenoxy) is 3. The standard InChI is InChI=1S/C27H34N2O4S/c1-5-20-22(28)7-6-8-23(20)33-16-19(30)15-29-12-11-18(13-17(29)2)26-14-21-25(34-26)10-9-24(31-3)27(21)32-4/h5-10,14,17-19,30H,1,11-13,15-16,28H2,2-4H3/t17?,18-,19?/m0/s1. The van der Waals surface area contributed by atoms with Crippen LogP contribution < -0.4 is 19.9 Å². The maximum atomic E-state index is 10.7. The fraction of sp³-hybridized carbons (Fsp3) is 0.407. The van der Waals surface area contributed by atoms with Crippen molar-refractivity contribution in [3.63, 3.8) is 0 Å². The number of hydrogen-bond donors (Lipinski definition) is 2. The van der Waals surface area contributed by atoms with E-state index in [1.54, 1.807) is 20.3 Å². The second kappa shape index (κ2) is 10.7. The number of fused-ring (bicyclic) bond motifs is 1. The first kappa shape index (κ1) is 24.4. The molecular weight excluding hydrogens is 448 g/mol. The SMILES string of the molecule is C=Cc1c(N)cccc1OCC(O)CN1CC[C@H](c2cc3c(OC)c(OC)ccc3s2)CC1C. The molecule has 7 heteroatoms. The number of aliphatic hydroxyl groups excluding tert-OH is 1. The van der Waals surface area contributed by atoms with Crippen molar-refractivity contribution in [3.05, 3.63) is 53.4 Å². The van der Waals surface area contributed by atoms with Crippen LogP contribution in [0.1, 0.15) is 36.1 Å². The molecule has 0 radical (unpaired) electrons. The average molecular weight is 483 g/mol. The fourth-order valence-electron chi connectivity index (χ4n) is 4.82. The van der Waals surface area contributed by atoms with Crippen LogP contribution in [0.4, 0.5) is 5.69 Å². The molecule has 1 fully saturated rings. The molecule has 1 aliphatic rings. The van der Waals surface area contributed by atoms with Crippen LogP contribution in [0.15, 0.2) is 43.0 Å². The number of hydrogen-bond acceptors (Lipinski definition) is 7. The Morgan fingerprint density at radius 3 is 2.76 bits per heavy atom. The van der Waals surface area contributed by atoms with Crippen molar-refractivity contribution < 1.29 is 19.3 Å². The first-order valence-corrected chi connectivity index (χ1v) is 12.5. The molecular formula is C27H34N2O4S. The van der Waals surface area contributed by atoms with Gasteiger partial charge in [-0.15, -0.1) is 11.3 Å². The molecule has 4 rings (SSSR count). The first-order chi connectivity index (χ1) is 16.4. The minimum atomic E-state index is -0.584. The van der Waals surface area contributed by atoms with Crippen LogP contribution in [-0.4, -0.2) is 56.1 Å². The summed E-state index contributed by atoms with van der Waals surface area (Å²) in [5, 5.41) is 11.8. The Kier molecular flexibility index (Phi) is 7.66. The number of nitrogens with two attached hydrogens (primary N) is 1. The van der Waals surface area contributed by atoms with Gasteiger partial charge in [0.2, 0.25) is 0 Å². The molecule has 3 N–H and O–H groups in total. The molecule has 0 spiro atoms. The maximum Gasteiger partial charge on any atom is 0.169 e. The molecule has 1 aromatic heterocycles. The number of rotatable bonds is 9. The van der Waals surface area contributed by atoms with Crippen LogP contribution in [0.25, 0.3) is 16.2 Å². The number of thiophene rings is 1. The van der Waals surface area contributed by atoms with Gasteiger partial charge in [0.05, 0.1) is 14.2 Å². The zero-order valence-electron chi connectivity index (χ0n) is 20.1. The van der Waals surface area contributed by atoms with Crippen molar-refractivity contribution in [3.8, 4) is 17.2 Å². The van der Waals surface area contributed by atoms with E-state index in [1.807, 2.05) is 35.6 Å². The molecule has 0 aliphatic carbocycles. The number of benzene rings is 2.